The summed E-state index contributed by atoms with van der Waals surface area (Å²) in [5, 5.41) is 3.36. The summed E-state index contributed by atoms with van der Waals surface area (Å²) in [7, 11) is 0. The van der Waals surface area contributed by atoms with Crippen LogP contribution in [-0.4, -0.2) is 24.7 Å². The quantitative estimate of drug-likeness (QED) is 0.811. The van der Waals surface area contributed by atoms with E-state index in [2.05, 4.69) is 48.3 Å². The molecule has 1 heterocycles. The monoisotopic (exact) mass is 204 g/mol. The van der Waals surface area contributed by atoms with Crippen molar-refractivity contribution in [3.63, 3.8) is 0 Å². The molecule has 1 aliphatic rings. The third kappa shape index (κ3) is 2.80. The first-order chi connectivity index (χ1) is 7.25. The third-order valence-corrected chi connectivity index (χ3v) is 2.96. The van der Waals surface area contributed by atoms with Crippen molar-refractivity contribution >= 4 is 0 Å². The molecular formula is C13H20N2. The zero-order chi connectivity index (χ0) is 10.7. The summed E-state index contributed by atoms with van der Waals surface area (Å²) >= 11 is 0. The highest BCUT2D eigenvalue weighted by Crippen LogP contribution is 2.16. The predicted molar refractivity (Wildman–Crippen MR) is 63.8 cm³/mol. The molecule has 2 nitrogen and oxygen atoms in total. The molecule has 1 saturated heterocycles. The van der Waals surface area contributed by atoms with Crippen LogP contribution in [-0.2, 0) is 6.54 Å². The second kappa shape index (κ2) is 4.77. The van der Waals surface area contributed by atoms with E-state index in [1.54, 1.807) is 0 Å². The van der Waals surface area contributed by atoms with E-state index in [0.717, 1.165) is 19.8 Å². The van der Waals surface area contributed by atoms with E-state index in [1.807, 2.05) is 0 Å². The summed E-state index contributed by atoms with van der Waals surface area (Å²) < 4.78 is 0. The summed E-state index contributed by atoms with van der Waals surface area (Å²) in [5.74, 6) is 0.627. The maximum absolute atomic E-state index is 3.36. The Morgan fingerprint density at radius 2 is 2.27 bits per heavy atom. The van der Waals surface area contributed by atoms with Crippen molar-refractivity contribution in [3.05, 3.63) is 35.4 Å². The largest absolute Gasteiger partial charge is 0.303 e. The van der Waals surface area contributed by atoms with E-state index in [4.69, 9.17) is 0 Å². The van der Waals surface area contributed by atoms with Gasteiger partial charge < -0.3 is 5.32 Å². The Labute approximate surface area is 92.3 Å². The van der Waals surface area contributed by atoms with Crippen LogP contribution < -0.4 is 5.32 Å². The van der Waals surface area contributed by atoms with Crippen molar-refractivity contribution in [2.75, 3.05) is 19.8 Å². The molecule has 1 aliphatic heterocycles. The number of hydrogen-bond donors (Lipinski definition) is 1. The first-order valence-electron chi connectivity index (χ1n) is 5.77. The lowest BCUT2D eigenvalue weighted by atomic mass is 10.0. The Kier molecular flexibility index (Phi) is 3.39. The van der Waals surface area contributed by atoms with Gasteiger partial charge in [-0.2, -0.15) is 0 Å². The maximum Gasteiger partial charge on any atom is 0.0484 e. The fourth-order valence-electron chi connectivity index (χ4n) is 2.00. The van der Waals surface area contributed by atoms with Crippen molar-refractivity contribution in [2.45, 2.75) is 26.3 Å². The second-order valence-electron chi connectivity index (χ2n) is 4.61. The lowest BCUT2D eigenvalue weighted by Gasteiger charge is -2.15. The van der Waals surface area contributed by atoms with Gasteiger partial charge in [0.1, 0.15) is 0 Å². The van der Waals surface area contributed by atoms with Crippen LogP contribution in [0, 0.1) is 0 Å². The average molecular weight is 204 g/mol. The summed E-state index contributed by atoms with van der Waals surface area (Å²) in [6.07, 6.45) is 0. The molecule has 0 aliphatic carbocycles. The Hall–Kier alpha value is -0.860. The molecule has 0 bridgehead atoms. The summed E-state index contributed by atoms with van der Waals surface area (Å²) in [5.41, 5.74) is 2.88. The first-order valence-corrected chi connectivity index (χ1v) is 5.77. The van der Waals surface area contributed by atoms with Crippen molar-refractivity contribution in [1.82, 2.24) is 10.2 Å². The molecule has 0 unspecified atom stereocenters. The van der Waals surface area contributed by atoms with Crippen LogP contribution in [0.2, 0.25) is 0 Å². The van der Waals surface area contributed by atoms with Gasteiger partial charge in [0, 0.05) is 26.3 Å². The average Bonchev–Trinajstić information content (AvgIpc) is 2.71. The van der Waals surface area contributed by atoms with Crippen LogP contribution in [0.15, 0.2) is 24.3 Å². The van der Waals surface area contributed by atoms with Crippen LogP contribution in [0.3, 0.4) is 0 Å². The Bertz CT molecular complexity index is 314. The Morgan fingerprint density at radius 3 is 2.93 bits per heavy atom. The fraction of sp³-hybridized carbons (Fsp3) is 0.538. The van der Waals surface area contributed by atoms with E-state index >= 15 is 0 Å². The molecule has 0 saturated carbocycles. The summed E-state index contributed by atoms with van der Waals surface area (Å²) in [4.78, 5) is 2.44. The zero-order valence-electron chi connectivity index (χ0n) is 9.66. The molecule has 1 aromatic carbocycles. The van der Waals surface area contributed by atoms with E-state index in [0.29, 0.717) is 5.92 Å². The molecule has 2 rings (SSSR count). The second-order valence-corrected chi connectivity index (χ2v) is 4.61. The Morgan fingerprint density at radius 1 is 1.40 bits per heavy atom. The van der Waals surface area contributed by atoms with E-state index in [9.17, 15) is 0 Å². The van der Waals surface area contributed by atoms with E-state index < -0.39 is 0 Å². The van der Waals surface area contributed by atoms with Gasteiger partial charge in [0.15, 0.2) is 0 Å². The Balaban J connectivity index is 2.04. The maximum atomic E-state index is 3.36. The minimum Gasteiger partial charge on any atom is -0.303 e. The zero-order valence-corrected chi connectivity index (χ0v) is 9.66. The molecule has 1 aromatic rings. The van der Waals surface area contributed by atoms with Gasteiger partial charge in [-0.15, -0.1) is 0 Å². The highest BCUT2D eigenvalue weighted by Gasteiger charge is 2.11. The first kappa shape index (κ1) is 10.7. The van der Waals surface area contributed by atoms with Crippen LogP contribution in [0.4, 0.5) is 0 Å². The van der Waals surface area contributed by atoms with Crippen molar-refractivity contribution in [2.24, 2.45) is 0 Å². The third-order valence-electron chi connectivity index (χ3n) is 2.96. The van der Waals surface area contributed by atoms with Gasteiger partial charge in [-0.25, -0.2) is 0 Å². The molecule has 1 N–H and O–H groups in total. The van der Waals surface area contributed by atoms with Crippen LogP contribution >= 0.6 is 0 Å². The molecule has 82 valence electrons. The molecule has 0 atom stereocenters. The highest BCUT2D eigenvalue weighted by atomic mass is 15.3. The summed E-state index contributed by atoms with van der Waals surface area (Å²) in [6.45, 7) is 8.91. The van der Waals surface area contributed by atoms with Gasteiger partial charge in [-0.3, -0.25) is 4.90 Å². The van der Waals surface area contributed by atoms with Crippen LogP contribution in [0.25, 0.3) is 0 Å². The van der Waals surface area contributed by atoms with Crippen LogP contribution in [0.5, 0.6) is 0 Å². The number of nitrogens with one attached hydrogen (secondary N) is 1. The van der Waals surface area contributed by atoms with Crippen LogP contribution in [0.1, 0.15) is 30.9 Å². The number of rotatable bonds is 3. The SMILES string of the molecule is CC(C)c1cccc(CN2CCNC2)c1. The van der Waals surface area contributed by atoms with Crippen molar-refractivity contribution in [3.8, 4) is 0 Å². The molecular weight excluding hydrogens is 184 g/mol. The molecule has 0 radical (unpaired) electrons. The topological polar surface area (TPSA) is 15.3 Å². The molecule has 0 spiro atoms. The minimum absolute atomic E-state index is 0.627. The number of nitrogens with zero attached hydrogens (tertiary/aromatic N) is 1. The fourth-order valence-corrected chi connectivity index (χ4v) is 2.00. The lowest BCUT2D eigenvalue weighted by Crippen LogP contribution is -2.21. The standard InChI is InChI=1S/C13H20N2/c1-11(2)13-5-3-4-12(8-13)9-15-7-6-14-10-15/h3-5,8,11,14H,6-7,9-10H2,1-2H3. The molecule has 0 amide bonds. The number of hydrogen-bond acceptors (Lipinski definition) is 2. The minimum atomic E-state index is 0.627. The molecule has 1 fully saturated rings. The van der Waals surface area contributed by atoms with Gasteiger partial charge in [0.05, 0.1) is 0 Å². The molecule has 15 heavy (non-hydrogen) atoms. The van der Waals surface area contributed by atoms with E-state index in [1.165, 1.54) is 17.7 Å². The van der Waals surface area contributed by atoms with Gasteiger partial charge >= 0.3 is 0 Å². The molecule has 0 aromatic heterocycles. The normalized spacial score (nSPS) is 17.5. The smallest absolute Gasteiger partial charge is 0.0484 e. The van der Waals surface area contributed by atoms with E-state index in [-0.39, 0.29) is 0 Å². The number of benzene rings is 1. The molecule has 2 heteroatoms. The van der Waals surface area contributed by atoms with Gasteiger partial charge in [0.25, 0.3) is 0 Å². The predicted octanol–water partition coefficient (Wildman–Crippen LogP) is 2.17. The highest BCUT2D eigenvalue weighted by molar-refractivity contribution is 5.25. The van der Waals surface area contributed by atoms with Gasteiger partial charge in [-0.05, 0) is 17.0 Å². The van der Waals surface area contributed by atoms with Gasteiger partial charge in [-0.1, -0.05) is 38.1 Å². The van der Waals surface area contributed by atoms with Crippen molar-refractivity contribution in [1.29, 1.82) is 0 Å². The van der Waals surface area contributed by atoms with Gasteiger partial charge in [0.2, 0.25) is 0 Å². The lowest BCUT2D eigenvalue weighted by molar-refractivity contribution is 0.327. The summed E-state index contributed by atoms with van der Waals surface area (Å²) in [6, 6.07) is 8.96. The van der Waals surface area contributed by atoms with Crippen molar-refractivity contribution < 1.29 is 0 Å².